The Hall–Kier alpha value is -4.84. The van der Waals surface area contributed by atoms with Crippen LogP contribution in [0.1, 0.15) is 10.4 Å². The van der Waals surface area contributed by atoms with E-state index < -0.39 is 5.97 Å². The molecule has 0 atom stereocenters. The van der Waals surface area contributed by atoms with Crippen LogP contribution >= 0.6 is 0 Å². The largest absolute Gasteiger partial charge is 0.421 e. The molecule has 1 aromatic heterocycles. The normalized spacial score (nSPS) is 10.7. The fraction of sp³-hybridized carbons (Fsp3) is 0. The molecule has 0 saturated heterocycles. The molecule has 5 aromatic rings. The van der Waals surface area contributed by atoms with Gasteiger partial charge >= 0.3 is 5.97 Å². The first-order valence-electron chi connectivity index (χ1n) is 10.8. The summed E-state index contributed by atoms with van der Waals surface area (Å²) in [5.74, 6) is -0.0197. The Morgan fingerprint density at radius 2 is 1.21 bits per heavy atom. The van der Waals surface area contributed by atoms with Gasteiger partial charge < -0.3 is 21.1 Å². The molecule has 5 rings (SSSR count). The standard InChI is InChI=1S/C28H22N4O2/c29-21-8-14-24(15-9-21)32(25-16-10-22(30)11-17-25)23-12-6-20(7-13-23)28(33)34-26-5-1-3-19-4-2-18-31-27(19)26/h1-18H,29-30H2. The SMILES string of the molecule is Nc1ccc(N(c2ccc(N)cc2)c2ccc(C(=O)Oc3cccc4cccnc34)cc2)cc1. The molecule has 166 valence electrons. The second kappa shape index (κ2) is 8.96. The van der Waals surface area contributed by atoms with Crippen molar-refractivity contribution in [1.82, 2.24) is 4.98 Å². The number of hydrogen-bond donors (Lipinski definition) is 2. The van der Waals surface area contributed by atoms with E-state index in [0.29, 0.717) is 28.2 Å². The van der Waals surface area contributed by atoms with Gasteiger partial charge in [0.1, 0.15) is 5.52 Å². The number of esters is 1. The van der Waals surface area contributed by atoms with Crippen molar-refractivity contribution in [3.05, 3.63) is 115 Å². The summed E-state index contributed by atoms with van der Waals surface area (Å²) in [5.41, 5.74) is 16.9. The van der Waals surface area contributed by atoms with Gasteiger partial charge in [0.25, 0.3) is 0 Å². The molecule has 0 unspecified atom stereocenters. The Morgan fingerprint density at radius 1 is 0.676 bits per heavy atom. The van der Waals surface area contributed by atoms with Gasteiger partial charge in [0.15, 0.2) is 5.75 Å². The smallest absolute Gasteiger partial charge is 0.343 e. The molecule has 0 spiro atoms. The number of nitrogens with zero attached hydrogens (tertiary/aromatic N) is 2. The van der Waals surface area contributed by atoms with E-state index >= 15 is 0 Å². The number of carbonyl (C=O) groups excluding carboxylic acids is 1. The number of nitrogen functional groups attached to an aromatic ring is 2. The summed E-state index contributed by atoms with van der Waals surface area (Å²) in [6.07, 6.45) is 1.68. The predicted molar refractivity (Wildman–Crippen MR) is 137 cm³/mol. The van der Waals surface area contributed by atoms with Gasteiger partial charge in [-0.05, 0) is 84.9 Å². The van der Waals surface area contributed by atoms with E-state index in [-0.39, 0.29) is 0 Å². The summed E-state index contributed by atoms with van der Waals surface area (Å²) in [5, 5.41) is 0.908. The molecule has 0 fully saturated rings. The Kier molecular flexibility index (Phi) is 5.54. The predicted octanol–water partition coefficient (Wildman–Crippen LogP) is 6.09. The molecular weight excluding hydrogens is 424 g/mol. The molecule has 4 N–H and O–H groups in total. The average Bonchev–Trinajstić information content (AvgIpc) is 2.87. The maximum absolute atomic E-state index is 12.9. The quantitative estimate of drug-likeness (QED) is 0.193. The molecule has 34 heavy (non-hydrogen) atoms. The Labute approximate surface area is 197 Å². The zero-order valence-corrected chi connectivity index (χ0v) is 18.3. The van der Waals surface area contributed by atoms with Crippen molar-refractivity contribution in [2.45, 2.75) is 0 Å². The minimum Gasteiger partial charge on any atom is -0.421 e. The van der Waals surface area contributed by atoms with E-state index in [4.69, 9.17) is 16.2 Å². The lowest BCUT2D eigenvalue weighted by Crippen LogP contribution is -2.12. The van der Waals surface area contributed by atoms with Crippen LogP contribution in [0.3, 0.4) is 0 Å². The number of carbonyl (C=O) groups is 1. The molecular formula is C28H22N4O2. The zero-order valence-electron chi connectivity index (χ0n) is 18.3. The number of nitrogens with two attached hydrogens (primary N) is 2. The number of para-hydroxylation sites is 1. The van der Waals surface area contributed by atoms with Gasteiger partial charge in [-0.2, -0.15) is 0 Å². The molecule has 0 saturated carbocycles. The van der Waals surface area contributed by atoms with Gasteiger partial charge in [0, 0.05) is 40.0 Å². The maximum atomic E-state index is 12.9. The van der Waals surface area contributed by atoms with Gasteiger partial charge in [-0.25, -0.2) is 4.79 Å². The Bertz CT molecular complexity index is 1400. The highest BCUT2D eigenvalue weighted by atomic mass is 16.5. The molecule has 6 heteroatoms. The molecule has 0 amide bonds. The van der Waals surface area contributed by atoms with E-state index in [2.05, 4.69) is 9.88 Å². The van der Waals surface area contributed by atoms with Crippen molar-refractivity contribution in [2.24, 2.45) is 0 Å². The van der Waals surface area contributed by atoms with Crippen LogP contribution in [0.5, 0.6) is 5.75 Å². The molecule has 0 radical (unpaired) electrons. The summed E-state index contributed by atoms with van der Waals surface area (Å²) in [7, 11) is 0. The van der Waals surface area contributed by atoms with E-state index in [0.717, 1.165) is 22.4 Å². The molecule has 0 aliphatic heterocycles. The number of pyridine rings is 1. The molecule has 0 aliphatic carbocycles. The van der Waals surface area contributed by atoms with Crippen molar-refractivity contribution >= 4 is 45.3 Å². The van der Waals surface area contributed by atoms with Crippen molar-refractivity contribution in [3.8, 4) is 5.75 Å². The van der Waals surface area contributed by atoms with E-state index in [1.807, 2.05) is 84.9 Å². The van der Waals surface area contributed by atoms with Crippen LogP contribution in [0.2, 0.25) is 0 Å². The second-order valence-corrected chi connectivity index (χ2v) is 7.79. The lowest BCUT2D eigenvalue weighted by atomic mass is 10.1. The summed E-state index contributed by atoms with van der Waals surface area (Å²) in [4.78, 5) is 19.3. The number of hydrogen-bond acceptors (Lipinski definition) is 6. The monoisotopic (exact) mass is 446 g/mol. The van der Waals surface area contributed by atoms with Crippen LogP contribution < -0.4 is 21.1 Å². The third-order valence-corrected chi connectivity index (χ3v) is 5.46. The van der Waals surface area contributed by atoms with Gasteiger partial charge in [0.2, 0.25) is 0 Å². The highest BCUT2D eigenvalue weighted by Gasteiger charge is 2.15. The van der Waals surface area contributed by atoms with Gasteiger partial charge in [-0.1, -0.05) is 18.2 Å². The number of benzene rings is 4. The first kappa shape index (κ1) is 21.0. The van der Waals surface area contributed by atoms with Crippen molar-refractivity contribution in [2.75, 3.05) is 16.4 Å². The van der Waals surface area contributed by atoms with Crippen LogP contribution in [-0.2, 0) is 0 Å². The maximum Gasteiger partial charge on any atom is 0.343 e. The highest BCUT2D eigenvalue weighted by Crippen LogP contribution is 2.35. The number of rotatable bonds is 5. The molecule has 0 aliphatic rings. The number of aromatic nitrogens is 1. The summed E-state index contributed by atoms with van der Waals surface area (Å²) in [6.45, 7) is 0. The first-order valence-corrected chi connectivity index (χ1v) is 10.8. The van der Waals surface area contributed by atoms with E-state index in [1.54, 1.807) is 24.4 Å². The van der Waals surface area contributed by atoms with Gasteiger partial charge in [-0.3, -0.25) is 4.98 Å². The number of anilines is 5. The fourth-order valence-corrected chi connectivity index (χ4v) is 3.76. The first-order chi connectivity index (χ1) is 16.6. The summed E-state index contributed by atoms with van der Waals surface area (Å²) in [6, 6.07) is 31.7. The minimum absolute atomic E-state index is 0.428. The van der Waals surface area contributed by atoms with Crippen LogP contribution in [0.25, 0.3) is 10.9 Å². The van der Waals surface area contributed by atoms with Crippen LogP contribution in [0.15, 0.2) is 109 Å². The topological polar surface area (TPSA) is 94.5 Å². The van der Waals surface area contributed by atoms with Gasteiger partial charge in [-0.15, -0.1) is 0 Å². The molecule has 0 bridgehead atoms. The minimum atomic E-state index is -0.448. The third kappa shape index (κ3) is 4.25. The second-order valence-electron chi connectivity index (χ2n) is 7.79. The third-order valence-electron chi connectivity index (χ3n) is 5.46. The van der Waals surface area contributed by atoms with E-state index in [1.165, 1.54) is 0 Å². The van der Waals surface area contributed by atoms with E-state index in [9.17, 15) is 4.79 Å². The highest BCUT2D eigenvalue weighted by molar-refractivity contribution is 5.94. The van der Waals surface area contributed by atoms with Crippen LogP contribution in [0.4, 0.5) is 28.4 Å². The van der Waals surface area contributed by atoms with Crippen molar-refractivity contribution < 1.29 is 9.53 Å². The molecule has 4 aromatic carbocycles. The number of fused-ring (bicyclic) bond motifs is 1. The van der Waals surface area contributed by atoms with Crippen molar-refractivity contribution in [1.29, 1.82) is 0 Å². The van der Waals surface area contributed by atoms with Crippen LogP contribution in [-0.4, -0.2) is 11.0 Å². The fourth-order valence-electron chi connectivity index (χ4n) is 3.76. The average molecular weight is 447 g/mol. The lowest BCUT2D eigenvalue weighted by molar-refractivity contribution is 0.0737. The Morgan fingerprint density at radius 3 is 1.79 bits per heavy atom. The Balaban J connectivity index is 1.45. The molecule has 6 nitrogen and oxygen atoms in total. The lowest BCUT2D eigenvalue weighted by Gasteiger charge is -2.25. The molecule has 1 heterocycles. The van der Waals surface area contributed by atoms with Crippen molar-refractivity contribution in [3.63, 3.8) is 0 Å². The van der Waals surface area contributed by atoms with Gasteiger partial charge in [0.05, 0.1) is 5.56 Å². The summed E-state index contributed by atoms with van der Waals surface area (Å²) >= 11 is 0. The number of ether oxygens (including phenoxy) is 1. The van der Waals surface area contributed by atoms with Crippen LogP contribution in [0, 0.1) is 0 Å². The zero-order chi connectivity index (χ0) is 23.5. The summed E-state index contributed by atoms with van der Waals surface area (Å²) < 4.78 is 5.67.